The second kappa shape index (κ2) is 7.37. The Balaban J connectivity index is 1.88. The number of carboxylic acids is 1. The van der Waals surface area contributed by atoms with Gasteiger partial charge < -0.3 is 9.84 Å². The topological polar surface area (TPSA) is 106 Å². The average Bonchev–Trinajstić information content (AvgIpc) is 3.09. The van der Waals surface area contributed by atoms with Gasteiger partial charge in [0.05, 0.1) is 23.3 Å². The number of aromatic carboxylic acids is 1. The number of nitrogens with zero attached hydrogens (tertiary/aromatic N) is 1. The SMILES string of the molecule is COc1cccc(-c2csc(NS(=O)(=O)c3ccc(C)c(C(=O)O)c3)n2)c1. The van der Waals surface area contributed by atoms with Gasteiger partial charge in [0.2, 0.25) is 0 Å². The first kappa shape index (κ1) is 18.9. The van der Waals surface area contributed by atoms with Crippen LogP contribution in [0.5, 0.6) is 5.75 Å². The Morgan fingerprint density at radius 3 is 2.70 bits per heavy atom. The van der Waals surface area contributed by atoms with Crippen LogP contribution in [-0.2, 0) is 10.0 Å². The second-order valence-corrected chi connectivity index (χ2v) is 8.20. The molecule has 9 heteroatoms. The molecule has 0 aliphatic rings. The summed E-state index contributed by atoms with van der Waals surface area (Å²) in [6.07, 6.45) is 0. The molecular formula is C18H16N2O5S2. The van der Waals surface area contributed by atoms with Crippen molar-refractivity contribution in [1.29, 1.82) is 0 Å². The van der Waals surface area contributed by atoms with Crippen LogP contribution in [0.4, 0.5) is 5.13 Å². The number of hydrogen-bond acceptors (Lipinski definition) is 6. The van der Waals surface area contributed by atoms with Gasteiger partial charge in [-0.15, -0.1) is 11.3 Å². The molecule has 27 heavy (non-hydrogen) atoms. The van der Waals surface area contributed by atoms with Crippen molar-refractivity contribution < 1.29 is 23.1 Å². The molecule has 0 saturated carbocycles. The Morgan fingerprint density at radius 1 is 1.22 bits per heavy atom. The summed E-state index contributed by atoms with van der Waals surface area (Å²) in [5.74, 6) is -0.511. The number of carbonyl (C=O) groups is 1. The summed E-state index contributed by atoms with van der Waals surface area (Å²) < 4.78 is 32.7. The fourth-order valence-electron chi connectivity index (χ4n) is 2.41. The monoisotopic (exact) mass is 404 g/mol. The fourth-order valence-corrected chi connectivity index (χ4v) is 4.41. The Bertz CT molecular complexity index is 1110. The fraction of sp³-hybridized carbons (Fsp3) is 0.111. The van der Waals surface area contributed by atoms with Crippen LogP contribution in [0.3, 0.4) is 0 Å². The number of anilines is 1. The minimum atomic E-state index is -3.96. The number of aromatic nitrogens is 1. The second-order valence-electron chi connectivity index (χ2n) is 5.66. The van der Waals surface area contributed by atoms with Gasteiger partial charge in [-0.1, -0.05) is 18.2 Å². The maximum Gasteiger partial charge on any atom is 0.335 e. The summed E-state index contributed by atoms with van der Waals surface area (Å²) in [5, 5.41) is 11.1. The van der Waals surface area contributed by atoms with Crippen LogP contribution >= 0.6 is 11.3 Å². The highest BCUT2D eigenvalue weighted by atomic mass is 32.2. The third-order valence-corrected chi connectivity index (χ3v) is 6.06. The van der Waals surface area contributed by atoms with Crippen LogP contribution in [0.15, 0.2) is 52.7 Å². The van der Waals surface area contributed by atoms with Crippen LogP contribution < -0.4 is 9.46 Å². The Morgan fingerprint density at radius 2 is 2.00 bits per heavy atom. The zero-order valence-electron chi connectivity index (χ0n) is 14.5. The van der Waals surface area contributed by atoms with E-state index >= 15 is 0 Å². The molecule has 2 aromatic carbocycles. The molecule has 0 bridgehead atoms. The molecule has 0 fully saturated rings. The normalized spacial score (nSPS) is 11.2. The van der Waals surface area contributed by atoms with E-state index in [9.17, 15) is 18.3 Å². The van der Waals surface area contributed by atoms with Gasteiger partial charge in [-0.25, -0.2) is 18.2 Å². The number of sulfonamides is 1. The van der Waals surface area contributed by atoms with E-state index in [2.05, 4.69) is 9.71 Å². The average molecular weight is 404 g/mol. The van der Waals surface area contributed by atoms with Crippen molar-refractivity contribution in [2.24, 2.45) is 0 Å². The van der Waals surface area contributed by atoms with Crippen LogP contribution in [0.2, 0.25) is 0 Å². The predicted octanol–water partition coefficient (Wildman–Crippen LogP) is 3.63. The van der Waals surface area contributed by atoms with E-state index in [-0.39, 0.29) is 15.6 Å². The summed E-state index contributed by atoms with van der Waals surface area (Å²) in [5.41, 5.74) is 1.82. The predicted molar refractivity (Wildman–Crippen MR) is 103 cm³/mol. The lowest BCUT2D eigenvalue weighted by atomic mass is 10.1. The number of aryl methyl sites for hydroxylation is 1. The Kier molecular flexibility index (Phi) is 5.15. The first-order valence-electron chi connectivity index (χ1n) is 7.77. The zero-order chi connectivity index (χ0) is 19.6. The first-order chi connectivity index (χ1) is 12.8. The number of hydrogen-bond donors (Lipinski definition) is 2. The Labute approximate surface area is 160 Å². The summed E-state index contributed by atoms with van der Waals surface area (Å²) in [7, 11) is -2.40. The van der Waals surface area contributed by atoms with Gasteiger partial charge in [0.1, 0.15) is 5.75 Å². The molecular weight excluding hydrogens is 388 g/mol. The minimum Gasteiger partial charge on any atom is -0.497 e. The molecule has 0 unspecified atom stereocenters. The number of rotatable bonds is 6. The van der Waals surface area contributed by atoms with E-state index in [0.717, 1.165) is 23.0 Å². The van der Waals surface area contributed by atoms with E-state index in [4.69, 9.17) is 4.74 Å². The maximum atomic E-state index is 12.6. The summed E-state index contributed by atoms with van der Waals surface area (Å²) >= 11 is 1.13. The highest BCUT2D eigenvalue weighted by Crippen LogP contribution is 2.29. The number of methoxy groups -OCH3 is 1. The largest absolute Gasteiger partial charge is 0.497 e. The summed E-state index contributed by atoms with van der Waals surface area (Å²) in [6, 6.07) is 11.2. The molecule has 3 aromatic rings. The molecule has 140 valence electrons. The van der Waals surface area contributed by atoms with Gasteiger partial charge in [0.15, 0.2) is 5.13 Å². The standard InChI is InChI=1S/C18H16N2O5S2/c1-11-6-7-14(9-15(11)17(21)22)27(23,24)20-18-19-16(10-26-18)12-4-3-5-13(8-12)25-2/h3-10H,1-2H3,(H,19,20)(H,21,22). The van der Waals surface area contributed by atoms with Crippen molar-refractivity contribution >= 4 is 32.5 Å². The van der Waals surface area contributed by atoms with Gasteiger partial charge in [0, 0.05) is 10.9 Å². The smallest absolute Gasteiger partial charge is 0.335 e. The van der Waals surface area contributed by atoms with Crippen molar-refractivity contribution in [2.75, 3.05) is 11.8 Å². The van der Waals surface area contributed by atoms with Gasteiger partial charge in [0.25, 0.3) is 10.0 Å². The molecule has 7 nitrogen and oxygen atoms in total. The van der Waals surface area contributed by atoms with Crippen molar-refractivity contribution in [1.82, 2.24) is 4.98 Å². The highest BCUT2D eigenvalue weighted by molar-refractivity contribution is 7.93. The third-order valence-electron chi connectivity index (χ3n) is 3.84. The summed E-state index contributed by atoms with van der Waals surface area (Å²) in [6.45, 7) is 1.61. The number of thiazole rings is 1. The van der Waals surface area contributed by atoms with Gasteiger partial charge in [-0.2, -0.15) is 0 Å². The number of carboxylic acid groups (broad SMARTS) is 1. The molecule has 1 aromatic heterocycles. The molecule has 0 amide bonds. The van der Waals surface area contributed by atoms with E-state index < -0.39 is 16.0 Å². The van der Waals surface area contributed by atoms with Gasteiger partial charge in [-0.05, 0) is 36.8 Å². The van der Waals surface area contributed by atoms with E-state index in [1.807, 2.05) is 12.1 Å². The molecule has 2 N–H and O–H groups in total. The van der Waals surface area contributed by atoms with Crippen LogP contribution in [0.1, 0.15) is 15.9 Å². The highest BCUT2D eigenvalue weighted by Gasteiger charge is 2.19. The minimum absolute atomic E-state index is 0.0610. The van der Waals surface area contributed by atoms with Gasteiger partial charge in [-0.3, -0.25) is 4.72 Å². The van der Waals surface area contributed by atoms with E-state index in [1.165, 1.54) is 12.1 Å². The van der Waals surface area contributed by atoms with Crippen LogP contribution in [0.25, 0.3) is 11.3 Å². The maximum absolute atomic E-state index is 12.6. The molecule has 0 aliphatic carbocycles. The quantitative estimate of drug-likeness (QED) is 0.650. The zero-order valence-corrected chi connectivity index (χ0v) is 16.1. The number of nitrogens with one attached hydrogen (secondary N) is 1. The lowest BCUT2D eigenvalue weighted by Gasteiger charge is -2.07. The molecule has 0 saturated heterocycles. The lowest BCUT2D eigenvalue weighted by molar-refractivity contribution is 0.0696. The van der Waals surface area contributed by atoms with Gasteiger partial charge >= 0.3 is 5.97 Å². The first-order valence-corrected chi connectivity index (χ1v) is 10.1. The van der Waals surface area contributed by atoms with Crippen molar-refractivity contribution in [3.05, 3.63) is 59.0 Å². The van der Waals surface area contributed by atoms with Crippen LogP contribution in [-0.4, -0.2) is 31.6 Å². The number of benzene rings is 2. The molecule has 0 spiro atoms. The van der Waals surface area contributed by atoms with E-state index in [0.29, 0.717) is 17.0 Å². The number of ether oxygens (including phenoxy) is 1. The summed E-state index contributed by atoms with van der Waals surface area (Å²) in [4.78, 5) is 15.4. The van der Waals surface area contributed by atoms with Crippen molar-refractivity contribution in [3.63, 3.8) is 0 Å². The van der Waals surface area contributed by atoms with E-state index in [1.54, 1.807) is 31.5 Å². The van der Waals surface area contributed by atoms with Crippen LogP contribution in [0, 0.1) is 6.92 Å². The lowest BCUT2D eigenvalue weighted by Crippen LogP contribution is -2.14. The third kappa shape index (κ3) is 4.09. The van der Waals surface area contributed by atoms with Crippen molar-refractivity contribution in [2.45, 2.75) is 11.8 Å². The molecule has 0 radical (unpaired) electrons. The van der Waals surface area contributed by atoms with Crippen molar-refractivity contribution in [3.8, 4) is 17.0 Å². The molecule has 1 heterocycles. The molecule has 3 rings (SSSR count). The molecule has 0 atom stereocenters. The molecule has 0 aliphatic heterocycles. The Hall–Kier alpha value is -2.91.